The van der Waals surface area contributed by atoms with E-state index in [1.807, 2.05) is 0 Å². The highest BCUT2D eigenvalue weighted by Crippen LogP contribution is 2.60. The highest BCUT2D eigenvalue weighted by Gasteiger charge is 2.45. The topological polar surface area (TPSA) is 147 Å². The number of nitrogens with one attached hydrogen (secondary N) is 1. The van der Waals surface area contributed by atoms with Gasteiger partial charge in [0.2, 0.25) is 5.91 Å². The zero-order chi connectivity index (χ0) is 25.9. The summed E-state index contributed by atoms with van der Waals surface area (Å²) in [6, 6.07) is 12.8. The third-order valence-electron chi connectivity index (χ3n) is 6.24. The lowest BCUT2D eigenvalue weighted by molar-refractivity contribution is -0.116. The van der Waals surface area contributed by atoms with Crippen LogP contribution in [-0.2, 0) is 30.8 Å². The largest absolute Gasteiger partial charge is 0.356 e. The minimum Gasteiger partial charge on any atom is -0.356 e. The van der Waals surface area contributed by atoms with Gasteiger partial charge in [-0.3, -0.25) is 9.36 Å². The quantitative estimate of drug-likeness (QED) is 0.331. The fraction of sp³-hybridized carbons (Fsp3) is 0.333. The Morgan fingerprint density at radius 3 is 2.17 bits per heavy atom. The van der Waals surface area contributed by atoms with Gasteiger partial charge in [-0.15, -0.1) is 0 Å². The maximum atomic E-state index is 12.5. The van der Waals surface area contributed by atoms with Gasteiger partial charge >= 0.3 is 7.60 Å². The van der Waals surface area contributed by atoms with E-state index in [1.54, 1.807) is 50.2 Å². The summed E-state index contributed by atoms with van der Waals surface area (Å²) in [4.78, 5) is 32.5. The normalized spacial score (nSPS) is 12.5. The van der Waals surface area contributed by atoms with Crippen molar-refractivity contribution in [3.8, 4) is 11.3 Å². The molecule has 0 aliphatic carbocycles. The highest BCUT2D eigenvalue weighted by atomic mass is 32.2. The van der Waals surface area contributed by atoms with Gasteiger partial charge in [-0.2, -0.15) is 0 Å². The molecule has 0 spiro atoms. The number of carbonyl (C=O) groups excluding carboxylic acids is 1. The number of hydrogen-bond donors (Lipinski definition) is 3. The molecule has 1 amide bonds. The van der Waals surface area contributed by atoms with Gasteiger partial charge in [-0.25, -0.2) is 8.42 Å². The predicted octanol–water partition coefficient (Wildman–Crippen LogP) is 4.51. The van der Waals surface area contributed by atoms with Crippen molar-refractivity contribution < 1.29 is 32.1 Å². The molecule has 1 aromatic heterocycles. The van der Waals surface area contributed by atoms with E-state index in [9.17, 15) is 27.6 Å². The monoisotopic (exact) mass is 520 g/mol. The fourth-order valence-corrected chi connectivity index (χ4v) is 6.04. The number of amides is 1. The minimum atomic E-state index is -4.38. The number of sulfone groups is 1. The third kappa shape index (κ3) is 5.90. The van der Waals surface area contributed by atoms with Crippen molar-refractivity contribution in [3.05, 3.63) is 65.9 Å². The number of benzene rings is 2. The number of aromatic nitrogens is 1. The van der Waals surface area contributed by atoms with E-state index in [-0.39, 0.29) is 30.1 Å². The fourth-order valence-electron chi connectivity index (χ4n) is 4.10. The van der Waals surface area contributed by atoms with Crippen LogP contribution in [0, 0.1) is 0 Å². The molecule has 35 heavy (non-hydrogen) atoms. The molecule has 0 bridgehead atoms. The molecule has 3 aromatic rings. The summed E-state index contributed by atoms with van der Waals surface area (Å²) >= 11 is 0. The molecule has 3 N–H and O–H groups in total. The molecule has 0 saturated carbocycles. The molecule has 11 heteroatoms. The average molecular weight is 521 g/mol. The number of aryl methyl sites for hydroxylation is 1. The molecule has 0 aliphatic heterocycles. The van der Waals surface area contributed by atoms with E-state index in [0.717, 1.165) is 6.26 Å². The molecule has 9 nitrogen and oxygen atoms in total. The van der Waals surface area contributed by atoms with Gasteiger partial charge in [0.1, 0.15) is 0 Å². The van der Waals surface area contributed by atoms with Gasteiger partial charge in [-0.1, -0.05) is 31.1 Å². The maximum absolute atomic E-state index is 12.5. The number of nitrogens with zero attached hydrogens (tertiary/aromatic N) is 1. The Labute approximate surface area is 204 Å². The Kier molecular flexibility index (Phi) is 8.01. The van der Waals surface area contributed by atoms with Crippen LogP contribution in [-0.4, -0.2) is 35.5 Å². The predicted molar refractivity (Wildman–Crippen MR) is 133 cm³/mol. The summed E-state index contributed by atoms with van der Waals surface area (Å²) < 4.78 is 40.8. The van der Waals surface area contributed by atoms with Gasteiger partial charge in [0, 0.05) is 29.5 Å². The molecule has 1 heterocycles. The van der Waals surface area contributed by atoms with Crippen LogP contribution in [0.25, 0.3) is 11.3 Å². The summed E-state index contributed by atoms with van der Waals surface area (Å²) in [7, 11) is -7.69. The first kappa shape index (κ1) is 26.8. The first-order valence-corrected chi connectivity index (χ1v) is 14.6. The molecular weight excluding hydrogens is 491 g/mol. The van der Waals surface area contributed by atoms with Gasteiger partial charge in [0.15, 0.2) is 15.6 Å². The summed E-state index contributed by atoms with van der Waals surface area (Å²) in [5.41, 5.74) is 2.42. The van der Waals surface area contributed by atoms with Crippen LogP contribution in [0.4, 0.5) is 5.69 Å². The Bertz CT molecular complexity index is 1320. The van der Waals surface area contributed by atoms with Crippen molar-refractivity contribution in [1.29, 1.82) is 0 Å². The van der Waals surface area contributed by atoms with Crippen molar-refractivity contribution in [2.75, 3.05) is 11.6 Å². The summed E-state index contributed by atoms with van der Waals surface area (Å²) in [6.45, 7) is 3.49. The van der Waals surface area contributed by atoms with Gasteiger partial charge in [-0.05, 0) is 61.2 Å². The number of rotatable bonds is 10. The maximum Gasteiger partial charge on any atom is 0.335 e. The van der Waals surface area contributed by atoms with E-state index >= 15 is 0 Å². The van der Waals surface area contributed by atoms with E-state index < -0.39 is 22.6 Å². The number of hydrogen-bond acceptors (Lipinski definition) is 6. The van der Waals surface area contributed by atoms with Crippen molar-refractivity contribution in [1.82, 2.24) is 5.16 Å². The van der Waals surface area contributed by atoms with Gasteiger partial charge in [0.05, 0.1) is 16.2 Å². The van der Waals surface area contributed by atoms with Crippen molar-refractivity contribution >= 4 is 29.0 Å². The van der Waals surface area contributed by atoms with E-state index in [4.69, 9.17) is 4.52 Å². The Balaban J connectivity index is 1.66. The van der Waals surface area contributed by atoms with Crippen LogP contribution in [0.3, 0.4) is 0 Å². The molecular formula is C24H29N2O7PS. The van der Waals surface area contributed by atoms with E-state index in [1.165, 1.54) is 18.3 Å². The molecule has 2 aromatic carbocycles. The van der Waals surface area contributed by atoms with Crippen LogP contribution in [0.15, 0.2) is 64.1 Å². The second-order valence-corrected chi connectivity index (χ2v) is 12.3. The van der Waals surface area contributed by atoms with Gasteiger partial charge < -0.3 is 19.6 Å². The van der Waals surface area contributed by atoms with Crippen molar-refractivity contribution in [2.45, 2.75) is 49.6 Å². The zero-order valence-electron chi connectivity index (χ0n) is 19.8. The molecule has 0 saturated heterocycles. The van der Waals surface area contributed by atoms with Gasteiger partial charge in [0.25, 0.3) is 0 Å². The van der Waals surface area contributed by atoms with Crippen LogP contribution in [0.2, 0.25) is 0 Å². The third-order valence-corrected chi connectivity index (χ3v) is 9.38. The lowest BCUT2D eigenvalue weighted by Crippen LogP contribution is -2.24. The average Bonchev–Trinajstić information content (AvgIpc) is 3.27. The van der Waals surface area contributed by atoms with Crippen molar-refractivity contribution in [3.63, 3.8) is 0 Å². The van der Waals surface area contributed by atoms with Crippen LogP contribution in [0.5, 0.6) is 0 Å². The zero-order valence-corrected chi connectivity index (χ0v) is 21.5. The van der Waals surface area contributed by atoms with Crippen molar-refractivity contribution in [2.24, 2.45) is 0 Å². The van der Waals surface area contributed by atoms with Crippen LogP contribution in [0.1, 0.15) is 44.2 Å². The lowest BCUT2D eigenvalue weighted by Gasteiger charge is -2.33. The molecule has 0 atom stereocenters. The number of carbonyl (C=O) groups is 1. The Morgan fingerprint density at radius 1 is 1.06 bits per heavy atom. The van der Waals surface area contributed by atoms with E-state index in [0.29, 0.717) is 34.6 Å². The standard InChI is InChI=1S/C24H29N2O7PS/c1-4-24(5-2,34(28,29)30)19-9-11-20(12-10-19)26-22(27)15-8-18-16-25-33-23(18)17-6-13-21(14-7-17)35(3,31)32/h6-7,9-14,16H,4-5,8,15H2,1-3H3,(H,26,27)(H2,28,29,30). The van der Waals surface area contributed by atoms with E-state index in [2.05, 4.69) is 10.5 Å². The summed E-state index contributed by atoms with van der Waals surface area (Å²) in [5, 5.41) is 5.35. The molecule has 0 aliphatic rings. The highest BCUT2D eigenvalue weighted by molar-refractivity contribution is 7.90. The molecule has 0 unspecified atom stereocenters. The molecule has 0 radical (unpaired) electrons. The smallest absolute Gasteiger partial charge is 0.335 e. The summed E-state index contributed by atoms with van der Waals surface area (Å²) in [6.07, 6.45) is 3.74. The van der Waals surface area contributed by atoms with Crippen LogP contribution < -0.4 is 5.32 Å². The lowest BCUT2D eigenvalue weighted by atomic mass is 9.92. The second kappa shape index (κ2) is 10.5. The SMILES string of the molecule is CCC(CC)(c1ccc(NC(=O)CCc2cnoc2-c2ccc(S(C)(=O)=O)cc2)cc1)P(=O)(O)O. The second-order valence-electron chi connectivity index (χ2n) is 8.38. The Morgan fingerprint density at radius 2 is 1.66 bits per heavy atom. The first-order valence-electron chi connectivity index (χ1n) is 11.1. The number of anilines is 1. The minimum absolute atomic E-state index is 0.147. The molecule has 3 rings (SSSR count). The molecule has 188 valence electrons. The summed E-state index contributed by atoms with van der Waals surface area (Å²) in [5.74, 6) is 0.222. The molecule has 0 fully saturated rings. The first-order chi connectivity index (χ1) is 16.4. The van der Waals surface area contributed by atoms with Crippen LogP contribution >= 0.6 is 7.60 Å². The Hall–Kier alpha value is -2.78.